The van der Waals surface area contributed by atoms with E-state index in [1.54, 1.807) is 23.2 Å². The Kier molecular flexibility index (Phi) is 5.55. The van der Waals surface area contributed by atoms with Gasteiger partial charge in [0, 0.05) is 17.0 Å². The lowest BCUT2D eigenvalue weighted by Gasteiger charge is -2.39. The van der Waals surface area contributed by atoms with E-state index in [1.807, 2.05) is 26.8 Å². The van der Waals surface area contributed by atoms with E-state index in [2.05, 4.69) is 20.2 Å². The molecule has 1 saturated heterocycles. The van der Waals surface area contributed by atoms with Gasteiger partial charge in [0.15, 0.2) is 0 Å². The van der Waals surface area contributed by atoms with Gasteiger partial charge in [-0.1, -0.05) is 0 Å². The summed E-state index contributed by atoms with van der Waals surface area (Å²) in [6.07, 6.45) is 1.46. The first-order valence-corrected chi connectivity index (χ1v) is 11.0. The molecule has 0 radical (unpaired) electrons. The van der Waals surface area contributed by atoms with Crippen LogP contribution in [0.1, 0.15) is 60.2 Å². The molecule has 1 fully saturated rings. The van der Waals surface area contributed by atoms with Crippen LogP contribution in [-0.2, 0) is 16.1 Å². The number of pyridine rings is 2. The molecule has 10 heteroatoms. The number of aromatic nitrogens is 4. The molecule has 1 amide bonds. The van der Waals surface area contributed by atoms with Crippen LogP contribution < -0.4 is 10.5 Å². The highest BCUT2D eigenvalue weighted by Crippen LogP contribution is 2.38. The second-order valence-electron chi connectivity index (χ2n) is 8.27. The molecule has 2 aliphatic rings. The predicted molar refractivity (Wildman–Crippen MR) is 120 cm³/mol. The minimum absolute atomic E-state index is 0.133. The van der Waals surface area contributed by atoms with Crippen molar-refractivity contribution in [3.8, 4) is 5.88 Å². The molecule has 3 aromatic rings. The zero-order valence-electron chi connectivity index (χ0n) is 18.8. The van der Waals surface area contributed by atoms with Crippen molar-refractivity contribution >= 4 is 22.6 Å². The molecule has 0 unspecified atom stereocenters. The van der Waals surface area contributed by atoms with Gasteiger partial charge in [-0.3, -0.25) is 4.79 Å². The second-order valence-corrected chi connectivity index (χ2v) is 8.27. The third-order valence-electron chi connectivity index (χ3n) is 6.13. The van der Waals surface area contributed by atoms with E-state index in [4.69, 9.17) is 19.9 Å². The Morgan fingerprint density at radius 1 is 1.27 bits per heavy atom. The van der Waals surface area contributed by atoms with E-state index in [0.717, 1.165) is 16.5 Å². The van der Waals surface area contributed by atoms with E-state index < -0.39 is 0 Å². The molecule has 5 rings (SSSR count). The van der Waals surface area contributed by atoms with Gasteiger partial charge in [0.2, 0.25) is 5.88 Å². The first-order valence-electron chi connectivity index (χ1n) is 11.0. The quantitative estimate of drug-likeness (QED) is 0.638. The van der Waals surface area contributed by atoms with Crippen LogP contribution in [-0.4, -0.2) is 56.8 Å². The van der Waals surface area contributed by atoms with Crippen LogP contribution in [0, 0.1) is 0 Å². The predicted octanol–water partition coefficient (Wildman–Crippen LogP) is 2.59. The largest absolute Gasteiger partial charge is 0.477 e. The van der Waals surface area contributed by atoms with Crippen molar-refractivity contribution in [1.82, 2.24) is 25.1 Å². The third kappa shape index (κ3) is 3.75. The van der Waals surface area contributed by atoms with Gasteiger partial charge in [0.05, 0.1) is 62.0 Å². The van der Waals surface area contributed by atoms with Crippen molar-refractivity contribution in [2.45, 2.75) is 45.6 Å². The van der Waals surface area contributed by atoms with Crippen LogP contribution in [0.3, 0.4) is 0 Å². The van der Waals surface area contributed by atoms with Gasteiger partial charge < -0.3 is 24.8 Å². The fourth-order valence-corrected chi connectivity index (χ4v) is 4.54. The summed E-state index contributed by atoms with van der Waals surface area (Å²) in [5.41, 5.74) is 9.60. The number of nitrogen functional groups attached to an aromatic ring is 1. The Balaban J connectivity index is 1.51. The van der Waals surface area contributed by atoms with E-state index >= 15 is 0 Å². The molecule has 0 spiro atoms. The van der Waals surface area contributed by atoms with Gasteiger partial charge in [-0.15, -0.1) is 10.2 Å². The van der Waals surface area contributed by atoms with Crippen molar-refractivity contribution in [1.29, 1.82) is 0 Å². The highest BCUT2D eigenvalue weighted by Gasteiger charge is 2.36. The number of nitrogens with two attached hydrogens (primary N) is 1. The first kappa shape index (κ1) is 21.5. The number of morpholine rings is 1. The van der Waals surface area contributed by atoms with E-state index in [9.17, 15) is 4.79 Å². The summed E-state index contributed by atoms with van der Waals surface area (Å²) >= 11 is 0. The van der Waals surface area contributed by atoms with Crippen LogP contribution in [0.5, 0.6) is 5.88 Å². The molecule has 172 valence electrons. The Bertz CT molecular complexity index is 1200. The molecule has 3 aromatic heterocycles. The number of carbonyl (C=O) groups excluding carboxylic acids is 1. The van der Waals surface area contributed by atoms with Crippen LogP contribution >= 0.6 is 0 Å². The van der Waals surface area contributed by atoms with Crippen molar-refractivity contribution in [3.63, 3.8) is 0 Å². The van der Waals surface area contributed by atoms with Gasteiger partial charge in [-0.05, 0) is 38.5 Å². The SMILES string of the molecule is CCOc1ccc([C@H]2COC[C@@H](C)N2C(=O)c2cc3c4c(c(N)nc3cn2)[C@@H](C)OC4)nn1. The van der Waals surface area contributed by atoms with Crippen LogP contribution in [0.25, 0.3) is 10.9 Å². The van der Waals surface area contributed by atoms with Crippen molar-refractivity contribution in [2.24, 2.45) is 0 Å². The van der Waals surface area contributed by atoms with Crippen molar-refractivity contribution < 1.29 is 19.0 Å². The standard InChI is InChI=1S/C23H26N6O4/c1-4-32-20-6-5-16(27-28-20)19-11-31-9-12(2)29(19)23(30)17-7-14-15-10-33-13(3)21(15)22(24)26-18(14)8-25-17/h5-8,12-13,19H,4,9-11H2,1-3H3,(H2,24,26)/t12-,13-,19-/m1/s1. The van der Waals surface area contributed by atoms with Crippen molar-refractivity contribution in [3.05, 3.63) is 46.9 Å². The number of hydrogen-bond donors (Lipinski definition) is 1. The maximum absolute atomic E-state index is 13.7. The number of anilines is 1. The molecular weight excluding hydrogens is 424 g/mol. The smallest absolute Gasteiger partial charge is 0.273 e. The number of amides is 1. The zero-order valence-corrected chi connectivity index (χ0v) is 18.8. The molecule has 0 saturated carbocycles. The Hall–Kier alpha value is -3.37. The fourth-order valence-electron chi connectivity index (χ4n) is 4.54. The summed E-state index contributed by atoms with van der Waals surface area (Å²) in [6.45, 7) is 7.46. The number of ether oxygens (including phenoxy) is 3. The highest BCUT2D eigenvalue weighted by molar-refractivity contribution is 5.97. The van der Waals surface area contributed by atoms with E-state index in [-0.39, 0.29) is 24.1 Å². The minimum atomic E-state index is -0.388. The number of fused-ring (bicyclic) bond motifs is 3. The molecule has 5 heterocycles. The first-order chi connectivity index (χ1) is 16.0. The molecule has 3 atom stereocenters. The highest BCUT2D eigenvalue weighted by atomic mass is 16.5. The van der Waals surface area contributed by atoms with Crippen LogP contribution in [0.2, 0.25) is 0 Å². The molecular formula is C23H26N6O4. The lowest BCUT2D eigenvalue weighted by molar-refractivity contribution is -0.0332. The Labute approximate surface area is 191 Å². The number of nitrogens with zero attached hydrogens (tertiary/aromatic N) is 5. The normalized spacial score (nSPS) is 22.4. The Morgan fingerprint density at radius 2 is 2.12 bits per heavy atom. The second kappa shape index (κ2) is 8.53. The lowest BCUT2D eigenvalue weighted by atomic mass is 10.0. The van der Waals surface area contributed by atoms with Gasteiger partial charge in [-0.25, -0.2) is 9.97 Å². The fraction of sp³-hybridized carbons (Fsp3) is 0.435. The monoisotopic (exact) mass is 450 g/mol. The van der Waals surface area contributed by atoms with Gasteiger partial charge >= 0.3 is 0 Å². The molecule has 0 aromatic carbocycles. The average Bonchev–Trinajstić information content (AvgIpc) is 3.21. The minimum Gasteiger partial charge on any atom is -0.477 e. The summed E-state index contributed by atoms with van der Waals surface area (Å²) in [7, 11) is 0. The topological polar surface area (TPSA) is 126 Å². The number of carbonyl (C=O) groups is 1. The van der Waals surface area contributed by atoms with E-state index in [1.165, 1.54) is 0 Å². The molecule has 2 aliphatic heterocycles. The summed E-state index contributed by atoms with van der Waals surface area (Å²) in [4.78, 5) is 24.4. The van der Waals surface area contributed by atoms with Crippen molar-refractivity contribution in [2.75, 3.05) is 25.6 Å². The maximum Gasteiger partial charge on any atom is 0.273 e. The zero-order chi connectivity index (χ0) is 23.1. The molecule has 10 nitrogen and oxygen atoms in total. The average molecular weight is 450 g/mol. The summed E-state index contributed by atoms with van der Waals surface area (Å²) in [6, 6.07) is 4.80. The molecule has 33 heavy (non-hydrogen) atoms. The molecule has 2 N–H and O–H groups in total. The van der Waals surface area contributed by atoms with Crippen LogP contribution in [0.4, 0.5) is 5.82 Å². The summed E-state index contributed by atoms with van der Waals surface area (Å²) in [5.74, 6) is 0.683. The number of rotatable bonds is 4. The Morgan fingerprint density at radius 3 is 2.88 bits per heavy atom. The number of hydrogen-bond acceptors (Lipinski definition) is 9. The van der Waals surface area contributed by atoms with Gasteiger partial charge in [-0.2, -0.15) is 0 Å². The third-order valence-corrected chi connectivity index (χ3v) is 6.13. The molecule has 0 bridgehead atoms. The summed E-state index contributed by atoms with van der Waals surface area (Å²) < 4.78 is 16.9. The van der Waals surface area contributed by atoms with E-state index in [0.29, 0.717) is 55.0 Å². The maximum atomic E-state index is 13.7. The van der Waals surface area contributed by atoms with Gasteiger partial charge in [0.1, 0.15) is 11.5 Å². The van der Waals surface area contributed by atoms with Crippen LogP contribution in [0.15, 0.2) is 24.4 Å². The van der Waals surface area contributed by atoms with Gasteiger partial charge in [0.25, 0.3) is 5.91 Å². The summed E-state index contributed by atoms with van der Waals surface area (Å²) in [5, 5.41) is 9.24. The lowest BCUT2D eigenvalue weighted by Crippen LogP contribution is -2.49. The molecule has 0 aliphatic carbocycles.